The first-order chi connectivity index (χ1) is 39.4. The molecule has 5 fully saturated rings. The third kappa shape index (κ3) is 14.2. The molecule has 5 saturated heterocycles. The average molecular weight is 1140 g/mol. The molecule has 0 aliphatic carbocycles. The Morgan fingerprint density at radius 1 is 0.625 bits per heavy atom. The number of halogens is 1. The number of likely N-dealkylation sites (N-methyl/N-ethyl adjacent to an activating group) is 1. The highest BCUT2D eigenvalue weighted by Gasteiger charge is 2.34. The molecule has 22 heteroatoms. The molecule has 80 heavy (non-hydrogen) atoms. The van der Waals surface area contributed by atoms with Crippen molar-refractivity contribution >= 4 is 78.0 Å². The first-order valence-electron chi connectivity index (χ1n) is 28.8. The molecule has 4 aromatic heterocycles. The quantitative estimate of drug-likeness (QED) is 0.100. The topological polar surface area (TPSA) is 191 Å². The number of anilines is 4. The third-order valence-electron chi connectivity index (χ3n) is 16.2. The number of fused-ring (bicyclic) bond motifs is 2. The maximum absolute atomic E-state index is 13.7. The second kappa shape index (κ2) is 28.1. The van der Waals surface area contributed by atoms with Gasteiger partial charge in [-0.3, -0.25) is 33.7 Å². The number of aliphatic hydroxyl groups is 2. The van der Waals surface area contributed by atoms with Crippen molar-refractivity contribution < 1.29 is 40.1 Å². The van der Waals surface area contributed by atoms with Gasteiger partial charge < -0.3 is 54.2 Å². The predicted molar refractivity (Wildman–Crippen MR) is 316 cm³/mol. The number of amides is 1. The summed E-state index contributed by atoms with van der Waals surface area (Å²) in [6.07, 6.45) is 8.52. The van der Waals surface area contributed by atoms with Crippen LogP contribution in [0.25, 0.3) is 21.8 Å². The standard InChI is InChI=1S/C31H43N7O3S.C26H33N5O4S.CH3F/c1-34-15-17-36(18-16-34)28(40)21-26(25-22-42-31(33-25)38-13-8-24(39)9-14-38)35-11-4-12-37(20-19-35)30-27(41-2)7-6-23-5-3-10-32-29(23)30;1-35-22-6-5-18-4-2-9-27-24(18)25(22)30-11-3-10-29(14-15-30)21(16-23(33)34)20-17-36-26(28-20)31-12-7-19(32)8-13-31;1-2/h3,5-7,10,22,24,26,39H,4,8-9,11-21H2,1-2H3;2,4-6,9,17,19,21,32H,3,7-8,10-16H2,1H3,(H,33,34);1H3/i;;1D. The maximum atomic E-state index is 13.7. The van der Waals surface area contributed by atoms with Gasteiger partial charge in [0.2, 0.25) is 5.91 Å². The Morgan fingerprint density at radius 2 is 1.07 bits per heavy atom. The number of hydrogen-bond acceptors (Lipinski definition) is 19. The number of carbonyl (C=O) groups excluding carboxylic acids is 1. The van der Waals surface area contributed by atoms with Crippen LogP contribution in [0.1, 0.15) is 76.2 Å². The van der Waals surface area contributed by atoms with Crippen LogP contribution >= 0.6 is 22.7 Å². The zero-order valence-electron chi connectivity index (χ0n) is 47.5. The fourth-order valence-electron chi connectivity index (χ4n) is 11.7. The SMILES string of the molecule is COc1ccc2cccnc2c1N1CCCN(C(CC(=O)N2CCN(C)CC2)c2csc(N3CCC(O)CC3)n2)CC1.COc1ccc2cccnc2c1N1CCCN(C(CC(=O)O)c2csc(N3CCC(O)CC3)n2)CC1.[2H]CF. The van der Waals surface area contributed by atoms with Gasteiger partial charge in [-0.25, -0.2) is 9.97 Å². The van der Waals surface area contributed by atoms with Crippen molar-refractivity contribution in [2.45, 2.75) is 75.7 Å². The minimum absolute atomic E-state index is 0.0149. The number of piperazine rings is 1. The number of pyridine rings is 2. The summed E-state index contributed by atoms with van der Waals surface area (Å²) in [5, 5.41) is 37.8. The smallest absolute Gasteiger partial charge is 0.305 e. The summed E-state index contributed by atoms with van der Waals surface area (Å²) < 4.78 is 27.0. The number of nitrogens with zero attached hydrogens (tertiary/aromatic N) is 12. The van der Waals surface area contributed by atoms with Gasteiger partial charge in [0.25, 0.3) is 0 Å². The van der Waals surface area contributed by atoms with Gasteiger partial charge in [0.1, 0.15) is 22.9 Å². The van der Waals surface area contributed by atoms with Crippen LogP contribution in [0, 0.1) is 0 Å². The van der Waals surface area contributed by atoms with E-state index in [2.05, 4.69) is 69.9 Å². The molecule has 0 bridgehead atoms. The van der Waals surface area contributed by atoms with Crippen molar-refractivity contribution in [2.75, 3.05) is 153 Å². The molecular weight excluding hydrogens is 1060 g/mol. The number of rotatable bonds is 14. The van der Waals surface area contributed by atoms with Crippen LogP contribution in [0.3, 0.4) is 0 Å². The largest absolute Gasteiger partial charge is 0.494 e. The Kier molecular flexibility index (Phi) is 20.1. The van der Waals surface area contributed by atoms with E-state index in [0.717, 1.165) is 203 Å². The van der Waals surface area contributed by atoms with Gasteiger partial charge in [0, 0.05) is 145 Å². The molecule has 3 N–H and O–H groups in total. The number of thiazole rings is 2. The summed E-state index contributed by atoms with van der Waals surface area (Å²) in [6, 6.07) is 15.8. The number of aromatic nitrogens is 4. The van der Waals surface area contributed by atoms with E-state index in [4.69, 9.17) is 25.8 Å². The van der Waals surface area contributed by atoms with E-state index in [9.17, 15) is 29.3 Å². The van der Waals surface area contributed by atoms with Gasteiger partial charge in [-0.2, -0.15) is 0 Å². The minimum Gasteiger partial charge on any atom is -0.494 e. The second-order valence-corrected chi connectivity index (χ2v) is 22.9. The highest BCUT2D eigenvalue weighted by molar-refractivity contribution is 7.14. The molecular formula is C58H79FN12O7S2. The van der Waals surface area contributed by atoms with E-state index in [1.807, 2.05) is 46.8 Å². The number of alkyl halides is 1. The molecule has 2 unspecified atom stereocenters. The van der Waals surface area contributed by atoms with Crippen molar-refractivity contribution in [3.05, 3.63) is 83.1 Å². The van der Waals surface area contributed by atoms with Crippen LogP contribution < -0.4 is 29.1 Å². The van der Waals surface area contributed by atoms with E-state index in [0.29, 0.717) is 13.0 Å². The number of benzene rings is 2. The van der Waals surface area contributed by atoms with E-state index in [-0.39, 0.29) is 36.6 Å². The summed E-state index contributed by atoms with van der Waals surface area (Å²) in [5.41, 5.74) is 5.73. The van der Waals surface area contributed by atoms with E-state index in [1.165, 1.54) is 0 Å². The van der Waals surface area contributed by atoms with Crippen molar-refractivity contribution in [3.8, 4) is 11.5 Å². The van der Waals surface area contributed by atoms with Crippen LogP contribution in [0.5, 0.6) is 11.5 Å². The second-order valence-electron chi connectivity index (χ2n) is 21.2. The van der Waals surface area contributed by atoms with Gasteiger partial charge >= 0.3 is 5.97 Å². The molecule has 9 heterocycles. The van der Waals surface area contributed by atoms with Crippen molar-refractivity contribution in [1.82, 2.24) is 39.5 Å². The molecule has 2 aromatic carbocycles. The molecule has 2 atom stereocenters. The molecule has 0 saturated carbocycles. The number of methoxy groups -OCH3 is 2. The number of carbonyl (C=O) groups is 2. The average Bonchev–Trinajstić information content (AvgIpc) is 4.23. The van der Waals surface area contributed by atoms with Crippen LogP contribution in [-0.2, 0) is 9.59 Å². The molecule has 11 rings (SSSR count). The highest BCUT2D eigenvalue weighted by Crippen LogP contribution is 2.40. The van der Waals surface area contributed by atoms with Crippen LogP contribution in [0.15, 0.2) is 71.7 Å². The summed E-state index contributed by atoms with van der Waals surface area (Å²) >= 11 is 3.23. The lowest BCUT2D eigenvalue weighted by Gasteiger charge is -2.35. The summed E-state index contributed by atoms with van der Waals surface area (Å²) in [7, 11) is 4.52. The Bertz CT molecular complexity index is 2970. The lowest BCUT2D eigenvalue weighted by molar-refractivity contribution is -0.138. The van der Waals surface area contributed by atoms with Crippen molar-refractivity contribution in [3.63, 3.8) is 0 Å². The summed E-state index contributed by atoms with van der Waals surface area (Å²) in [6.45, 7) is 13.1. The lowest BCUT2D eigenvalue weighted by Crippen LogP contribution is -2.48. The van der Waals surface area contributed by atoms with Gasteiger partial charge in [0.05, 0.1) is 75.9 Å². The monoisotopic (exact) mass is 1140 g/mol. The number of carboxylic acids is 1. The Morgan fingerprint density at radius 3 is 1.51 bits per heavy atom. The van der Waals surface area contributed by atoms with Crippen LogP contribution in [0.2, 0.25) is 0 Å². The summed E-state index contributed by atoms with van der Waals surface area (Å²) in [5.74, 6) is 1.03. The van der Waals surface area contributed by atoms with Crippen molar-refractivity contribution in [2.24, 2.45) is 0 Å². The van der Waals surface area contributed by atoms with E-state index in [1.54, 1.807) is 43.1 Å². The minimum atomic E-state index is -1.00. The fraction of sp³-hybridized carbons (Fsp3) is 0.552. The van der Waals surface area contributed by atoms with Gasteiger partial charge in [0.15, 0.2) is 10.3 Å². The number of aliphatic hydroxyl groups excluding tert-OH is 2. The van der Waals surface area contributed by atoms with E-state index >= 15 is 0 Å². The lowest BCUT2D eigenvalue weighted by atomic mass is 10.1. The zero-order valence-corrected chi connectivity index (χ0v) is 48.1. The molecule has 432 valence electrons. The van der Waals surface area contributed by atoms with Gasteiger partial charge in [-0.05, 0) is 82.0 Å². The Hall–Kier alpha value is -6.01. The Labute approximate surface area is 478 Å². The Balaban J connectivity index is 0.000000189. The molecule has 0 spiro atoms. The maximum Gasteiger partial charge on any atom is 0.305 e. The third-order valence-corrected chi connectivity index (χ3v) is 18.0. The van der Waals surface area contributed by atoms with Crippen LogP contribution in [0.4, 0.5) is 26.0 Å². The van der Waals surface area contributed by atoms with Gasteiger partial charge in [-0.15, -0.1) is 22.7 Å². The van der Waals surface area contributed by atoms with Crippen molar-refractivity contribution in [1.29, 1.82) is 0 Å². The highest BCUT2D eigenvalue weighted by atomic mass is 32.1. The molecule has 5 aliphatic heterocycles. The molecule has 19 nitrogen and oxygen atoms in total. The molecule has 6 aromatic rings. The number of piperidine rings is 2. The number of carboxylic acid groups (broad SMARTS) is 1. The normalized spacial score (nSPS) is 19.5. The van der Waals surface area contributed by atoms with Crippen LogP contribution in [-0.4, -0.2) is 212 Å². The van der Waals surface area contributed by atoms with E-state index < -0.39 is 13.1 Å². The molecule has 5 aliphatic rings. The predicted octanol–water partition coefficient (Wildman–Crippen LogP) is 7.05. The number of ether oxygens (including phenoxy) is 2. The summed E-state index contributed by atoms with van der Waals surface area (Å²) in [4.78, 5) is 63.1. The number of hydrogen-bond donors (Lipinski definition) is 3. The first kappa shape index (κ1) is 57.2. The molecule has 0 radical (unpaired) electrons. The van der Waals surface area contributed by atoms with Gasteiger partial charge in [-0.1, -0.05) is 12.1 Å². The number of aliphatic carboxylic acids is 1. The zero-order chi connectivity index (χ0) is 56.8. The fourth-order valence-corrected chi connectivity index (χ4v) is 13.6. The first-order valence-corrected chi connectivity index (χ1v) is 29.8. The molecule has 1 amide bonds.